The first-order valence-corrected chi connectivity index (χ1v) is 11.1. The Kier molecular flexibility index (Phi) is 5.50. The average Bonchev–Trinajstić information content (AvgIpc) is 3.42. The molecule has 1 aliphatic heterocycles. The summed E-state index contributed by atoms with van der Waals surface area (Å²) in [4.78, 5) is 20.9. The maximum absolute atomic E-state index is 12.2. The van der Waals surface area contributed by atoms with E-state index in [4.69, 9.17) is 28.8 Å². The van der Waals surface area contributed by atoms with Crippen molar-refractivity contribution in [3.8, 4) is 11.5 Å². The fourth-order valence-corrected chi connectivity index (χ4v) is 4.00. The number of thioether (sulfide) groups is 1. The summed E-state index contributed by atoms with van der Waals surface area (Å²) in [5, 5.41) is 8.77. The van der Waals surface area contributed by atoms with Gasteiger partial charge >= 0.3 is 5.97 Å². The maximum Gasteiger partial charge on any atom is 0.342 e. The number of benzene rings is 1. The normalized spacial score (nSPS) is 15.0. The minimum absolute atomic E-state index is 0.133. The zero-order chi connectivity index (χ0) is 22.9. The van der Waals surface area contributed by atoms with Crippen molar-refractivity contribution in [1.29, 1.82) is 0 Å². The molecule has 2 N–H and O–H groups in total. The van der Waals surface area contributed by atoms with Crippen LogP contribution in [0.1, 0.15) is 40.9 Å². The highest BCUT2D eigenvalue weighted by atomic mass is 32.2. The SMILES string of the molecule is CCOC(=O)c1c(C)oc2nc(CSc3nnc(C4COc5ccccc5O4)o3)nc(N)c12. The van der Waals surface area contributed by atoms with Crippen LogP contribution < -0.4 is 15.2 Å². The number of anilines is 1. The number of nitrogen functional groups attached to an aromatic ring is 1. The lowest BCUT2D eigenvalue weighted by Gasteiger charge is -2.23. The monoisotopic (exact) mass is 469 g/mol. The van der Waals surface area contributed by atoms with Crippen molar-refractivity contribution < 1.29 is 27.8 Å². The van der Waals surface area contributed by atoms with Gasteiger partial charge in [0.05, 0.1) is 17.7 Å². The smallest absolute Gasteiger partial charge is 0.342 e. The number of nitrogens with two attached hydrogens (primary N) is 1. The Morgan fingerprint density at radius 3 is 2.85 bits per heavy atom. The van der Waals surface area contributed by atoms with Crippen LogP contribution in [0, 0.1) is 6.92 Å². The molecular formula is C21H19N5O6S. The van der Waals surface area contributed by atoms with Gasteiger partial charge < -0.3 is 28.8 Å². The Hall–Kier alpha value is -3.80. The van der Waals surface area contributed by atoms with Gasteiger partial charge in [0.15, 0.2) is 11.5 Å². The lowest BCUT2D eigenvalue weighted by molar-refractivity contribution is 0.0526. The van der Waals surface area contributed by atoms with Gasteiger partial charge in [0.25, 0.3) is 11.1 Å². The first-order chi connectivity index (χ1) is 16.0. The molecule has 33 heavy (non-hydrogen) atoms. The van der Waals surface area contributed by atoms with Crippen LogP contribution in [0.15, 0.2) is 38.3 Å². The van der Waals surface area contributed by atoms with Crippen molar-refractivity contribution in [2.24, 2.45) is 0 Å². The summed E-state index contributed by atoms with van der Waals surface area (Å²) in [5.74, 6) is 2.26. The van der Waals surface area contributed by atoms with E-state index in [0.717, 1.165) is 0 Å². The number of carbonyl (C=O) groups excluding carboxylic acids is 1. The van der Waals surface area contributed by atoms with Gasteiger partial charge in [-0.25, -0.2) is 9.78 Å². The summed E-state index contributed by atoms with van der Waals surface area (Å²) in [7, 11) is 0. The number of aromatic nitrogens is 4. The molecule has 0 spiro atoms. The van der Waals surface area contributed by atoms with Crippen LogP contribution in [0.25, 0.3) is 11.1 Å². The van der Waals surface area contributed by atoms with Crippen LogP contribution in [0.4, 0.5) is 5.82 Å². The molecule has 5 rings (SSSR count). The Morgan fingerprint density at radius 2 is 2.03 bits per heavy atom. The molecule has 0 saturated heterocycles. The largest absolute Gasteiger partial charge is 0.485 e. The molecule has 0 radical (unpaired) electrons. The van der Waals surface area contributed by atoms with Gasteiger partial charge in [0, 0.05) is 0 Å². The maximum atomic E-state index is 12.2. The topological polar surface area (TPSA) is 149 Å². The predicted octanol–water partition coefficient (Wildman–Crippen LogP) is 3.48. The third-order valence-corrected chi connectivity index (χ3v) is 5.63. The van der Waals surface area contributed by atoms with Crippen LogP contribution in [0.3, 0.4) is 0 Å². The zero-order valence-corrected chi connectivity index (χ0v) is 18.5. The van der Waals surface area contributed by atoms with E-state index in [1.54, 1.807) is 13.8 Å². The highest BCUT2D eigenvalue weighted by Gasteiger charge is 2.28. The van der Waals surface area contributed by atoms with E-state index in [-0.39, 0.29) is 30.3 Å². The van der Waals surface area contributed by atoms with Crippen molar-refractivity contribution in [3.63, 3.8) is 0 Å². The van der Waals surface area contributed by atoms with Crippen LogP contribution in [-0.4, -0.2) is 39.3 Å². The summed E-state index contributed by atoms with van der Waals surface area (Å²) in [5.41, 5.74) is 6.56. The van der Waals surface area contributed by atoms with Crippen LogP contribution in [0.5, 0.6) is 11.5 Å². The van der Waals surface area contributed by atoms with E-state index in [2.05, 4.69) is 20.2 Å². The van der Waals surface area contributed by atoms with E-state index in [0.29, 0.717) is 45.3 Å². The average molecular weight is 469 g/mol. The summed E-state index contributed by atoms with van der Waals surface area (Å²) >= 11 is 1.24. The van der Waals surface area contributed by atoms with Crippen molar-refractivity contribution in [2.75, 3.05) is 18.9 Å². The molecule has 170 valence electrons. The van der Waals surface area contributed by atoms with Gasteiger partial charge in [-0.2, -0.15) is 4.98 Å². The number of rotatable bonds is 6. The highest BCUT2D eigenvalue weighted by molar-refractivity contribution is 7.98. The number of carbonyl (C=O) groups is 1. The Labute approximate surface area is 191 Å². The third kappa shape index (κ3) is 4.04. The van der Waals surface area contributed by atoms with E-state index < -0.39 is 12.1 Å². The quantitative estimate of drug-likeness (QED) is 0.325. The summed E-state index contributed by atoms with van der Waals surface area (Å²) in [6.07, 6.45) is -0.502. The molecule has 0 aliphatic carbocycles. The van der Waals surface area contributed by atoms with Gasteiger partial charge in [-0.1, -0.05) is 23.9 Å². The minimum atomic E-state index is -0.527. The molecule has 0 saturated carbocycles. The molecule has 1 aromatic carbocycles. The van der Waals surface area contributed by atoms with E-state index in [1.165, 1.54) is 11.8 Å². The van der Waals surface area contributed by atoms with Crippen LogP contribution in [0.2, 0.25) is 0 Å². The molecule has 4 heterocycles. The molecule has 11 nitrogen and oxygen atoms in total. The number of esters is 1. The number of hydrogen-bond acceptors (Lipinski definition) is 12. The Balaban J connectivity index is 1.30. The van der Waals surface area contributed by atoms with Gasteiger partial charge in [-0.3, -0.25) is 0 Å². The number of furan rings is 1. The summed E-state index contributed by atoms with van der Waals surface area (Å²) in [6, 6.07) is 7.38. The molecule has 1 aliphatic rings. The molecule has 0 fully saturated rings. The number of fused-ring (bicyclic) bond motifs is 2. The number of hydrogen-bond donors (Lipinski definition) is 1. The second-order valence-corrected chi connectivity index (χ2v) is 7.94. The number of ether oxygens (including phenoxy) is 3. The van der Waals surface area contributed by atoms with Crippen molar-refractivity contribution in [2.45, 2.75) is 30.9 Å². The van der Waals surface area contributed by atoms with Crippen LogP contribution >= 0.6 is 11.8 Å². The van der Waals surface area contributed by atoms with E-state index in [9.17, 15) is 4.79 Å². The summed E-state index contributed by atoms with van der Waals surface area (Å²) < 4.78 is 28.0. The fourth-order valence-electron chi connectivity index (χ4n) is 3.37. The Morgan fingerprint density at radius 1 is 1.21 bits per heavy atom. The molecular weight excluding hydrogens is 450 g/mol. The van der Waals surface area contributed by atoms with Crippen LogP contribution in [-0.2, 0) is 10.5 Å². The molecule has 1 unspecified atom stereocenters. The van der Waals surface area contributed by atoms with Crippen molar-refractivity contribution >= 4 is 34.6 Å². The molecule has 0 bridgehead atoms. The van der Waals surface area contributed by atoms with E-state index in [1.807, 2.05) is 24.3 Å². The molecule has 12 heteroatoms. The third-order valence-electron chi connectivity index (χ3n) is 4.81. The highest BCUT2D eigenvalue weighted by Crippen LogP contribution is 2.36. The second kappa shape index (κ2) is 8.62. The zero-order valence-electron chi connectivity index (χ0n) is 17.7. The van der Waals surface area contributed by atoms with Gasteiger partial charge in [-0.05, 0) is 26.0 Å². The lowest BCUT2D eigenvalue weighted by Crippen LogP contribution is -2.21. The van der Waals surface area contributed by atoms with E-state index >= 15 is 0 Å². The molecule has 3 aromatic heterocycles. The predicted molar refractivity (Wildman–Crippen MR) is 116 cm³/mol. The summed E-state index contributed by atoms with van der Waals surface area (Å²) in [6.45, 7) is 3.87. The molecule has 0 amide bonds. The van der Waals surface area contributed by atoms with Crippen molar-refractivity contribution in [3.05, 3.63) is 47.3 Å². The molecule has 1 atom stereocenters. The van der Waals surface area contributed by atoms with Gasteiger partial charge in [-0.15, -0.1) is 10.2 Å². The number of aryl methyl sites for hydroxylation is 1. The van der Waals surface area contributed by atoms with Gasteiger partial charge in [0.2, 0.25) is 11.8 Å². The molecule has 4 aromatic rings. The fraction of sp³-hybridized carbons (Fsp3) is 0.286. The van der Waals surface area contributed by atoms with Gasteiger partial charge in [0.1, 0.15) is 29.6 Å². The number of para-hydroxylation sites is 2. The minimum Gasteiger partial charge on any atom is -0.485 e. The van der Waals surface area contributed by atoms with Crippen molar-refractivity contribution in [1.82, 2.24) is 20.2 Å². The Bertz CT molecular complexity index is 1340. The first-order valence-electron chi connectivity index (χ1n) is 10.1. The second-order valence-electron chi connectivity index (χ2n) is 7.02. The number of nitrogens with zero attached hydrogens (tertiary/aromatic N) is 4. The standard InChI is InChI=1S/C21H19N5O6S/c1-3-28-20(27)15-10(2)30-19-16(15)17(22)23-14(24-19)9-33-21-26-25-18(32-21)13-8-29-11-6-4-5-7-12(11)31-13/h4-7,13H,3,8-9H2,1-2H3,(H2,22,23,24). The lowest BCUT2D eigenvalue weighted by atomic mass is 10.2. The first kappa shape index (κ1) is 21.1.